The summed E-state index contributed by atoms with van der Waals surface area (Å²) in [7, 11) is 1.55. The van der Waals surface area contributed by atoms with Crippen molar-refractivity contribution in [2.24, 2.45) is 0 Å². The highest BCUT2D eigenvalue weighted by Gasteiger charge is 2.28. The fourth-order valence-electron chi connectivity index (χ4n) is 3.67. The number of amides is 1. The first-order valence-electron chi connectivity index (χ1n) is 10.4. The quantitative estimate of drug-likeness (QED) is 0.466. The van der Waals surface area contributed by atoms with Gasteiger partial charge in [0.25, 0.3) is 0 Å². The van der Waals surface area contributed by atoms with Crippen LogP contribution < -0.4 is 10.1 Å². The predicted octanol–water partition coefficient (Wildman–Crippen LogP) is 5.38. The third-order valence-corrected chi connectivity index (χ3v) is 5.80. The first kappa shape index (κ1) is 24.2. The van der Waals surface area contributed by atoms with Crippen molar-refractivity contribution in [2.75, 3.05) is 20.3 Å². The number of benzene rings is 2. The molecule has 0 aliphatic carbocycles. The van der Waals surface area contributed by atoms with E-state index in [1.807, 2.05) is 6.07 Å². The largest absolute Gasteiger partial charge is 0.412 e. The van der Waals surface area contributed by atoms with Gasteiger partial charge in [-0.05, 0) is 29.8 Å². The number of ether oxygens (including phenoxy) is 3. The minimum Gasteiger partial charge on any atom is -0.410 e. The second-order valence-electron chi connectivity index (χ2n) is 7.53. The van der Waals surface area contributed by atoms with Gasteiger partial charge in [-0.1, -0.05) is 47.5 Å². The van der Waals surface area contributed by atoms with Gasteiger partial charge in [0.05, 0.1) is 31.1 Å². The van der Waals surface area contributed by atoms with Crippen LogP contribution in [0.25, 0.3) is 5.57 Å². The molecule has 10 heteroatoms. The number of carbonyl (C=O) groups is 1. The van der Waals surface area contributed by atoms with Crippen LogP contribution in [-0.2, 0) is 29.2 Å². The van der Waals surface area contributed by atoms with Gasteiger partial charge in [-0.3, -0.25) is 0 Å². The summed E-state index contributed by atoms with van der Waals surface area (Å²) in [5.74, 6) is -0.189. The maximum absolute atomic E-state index is 15.3. The highest BCUT2D eigenvalue weighted by Crippen LogP contribution is 2.34. The molecule has 1 aliphatic rings. The van der Waals surface area contributed by atoms with E-state index in [1.54, 1.807) is 54.3 Å². The average molecular weight is 506 g/mol. The van der Waals surface area contributed by atoms with Crippen LogP contribution in [0.3, 0.4) is 0 Å². The summed E-state index contributed by atoms with van der Waals surface area (Å²) in [6.45, 7) is 0.103. The van der Waals surface area contributed by atoms with Gasteiger partial charge in [-0.2, -0.15) is 5.10 Å². The van der Waals surface area contributed by atoms with Gasteiger partial charge < -0.3 is 19.5 Å². The van der Waals surface area contributed by atoms with E-state index in [0.29, 0.717) is 44.7 Å². The summed E-state index contributed by atoms with van der Waals surface area (Å²) in [4.78, 5) is 12.1. The number of nitrogens with one attached hydrogen (secondary N) is 1. The minimum atomic E-state index is -0.762. The molecule has 0 bridgehead atoms. The molecule has 0 unspecified atom stereocenters. The van der Waals surface area contributed by atoms with Crippen molar-refractivity contribution in [3.63, 3.8) is 0 Å². The summed E-state index contributed by atoms with van der Waals surface area (Å²) in [5, 5.41) is 8.08. The lowest BCUT2D eigenvalue weighted by molar-refractivity contribution is 0.0974. The SMILES string of the molecule is COCn1nc(Cc2ccc(Cl)cc2Cl)c2c1COC/C2=C(/F)CNC(=O)Oc1ccccc1. The zero-order chi connectivity index (χ0) is 24.1. The molecule has 1 amide bonds. The molecule has 1 N–H and O–H groups in total. The summed E-state index contributed by atoms with van der Waals surface area (Å²) in [6, 6.07) is 13.7. The van der Waals surface area contributed by atoms with Crippen molar-refractivity contribution in [3.05, 3.63) is 86.9 Å². The standard InChI is InChI=1S/C24H22Cl2FN3O4/c1-32-14-30-22-13-33-12-18(20(27)11-28-24(31)34-17-5-3-2-4-6-17)23(22)21(29-30)9-15-7-8-16(25)10-19(15)26/h2-8,10H,9,11-14H2,1H3,(H,28,31)/b20-18-. The molecule has 0 saturated heterocycles. The van der Waals surface area contributed by atoms with E-state index >= 15 is 4.39 Å². The van der Waals surface area contributed by atoms with Gasteiger partial charge in [0.1, 0.15) is 18.3 Å². The Morgan fingerprint density at radius 2 is 2.00 bits per heavy atom. The first-order valence-corrected chi connectivity index (χ1v) is 11.2. The Labute approximate surface area is 206 Å². The van der Waals surface area contributed by atoms with Crippen molar-refractivity contribution >= 4 is 34.9 Å². The second-order valence-corrected chi connectivity index (χ2v) is 8.37. The Balaban J connectivity index is 1.60. The Morgan fingerprint density at radius 1 is 1.21 bits per heavy atom. The summed E-state index contributed by atoms with van der Waals surface area (Å²) < 4.78 is 33.0. The predicted molar refractivity (Wildman–Crippen MR) is 127 cm³/mol. The number of aromatic nitrogens is 2. The van der Waals surface area contributed by atoms with Crippen LogP contribution >= 0.6 is 23.2 Å². The molecule has 0 radical (unpaired) electrons. The lowest BCUT2D eigenvalue weighted by Crippen LogP contribution is -2.29. The van der Waals surface area contributed by atoms with E-state index < -0.39 is 11.9 Å². The molecular formula is C24H22Cl2FN3O4. The zero-order valence-corrected chi connectivity index (χ0v) is 19.8. The van der Waals surface area contributed by atoms with Gasteiger partial charge in [0.15, 0.2) is 0 Å². The van der Waals surface area contributed by atoms with Gasteiger partial charge in [-0.25, -0.2) is 13.9 Å². The number of rotatable bonds is 7. The molecule has 0 atom stereocenters. The van der Waals surface area contributed by atoms with Gasteiger partial charge in [-0.15, -0.1) is 0 Å². The molecule has 0 saturated carbocycles. The van der Waals surface area contributed by atoms with Crippen LogP contribution in [0.4, 0.5) is 9.18 Å². The van der Waals surface area contributed by atoms with Crippen molar-refractivity contribution in [1.82, 2.24) is 15.1 Å². The third-order valence-electron chi connectivity index (χ3n) is 5.21. The molecule has 0 fully saturated rings. The number of halogens is 3. The van der Waals surface area contributed by atoms with Crippen LogP contribution in [0.15, 0.2) is 54.4 Å². The molecule has 178 valence electrons. The fourth-order valence-corrected chi connectivity index (χ4v) is 4.14. The van der Waals surface area contributed by atoms with Crippen LogP contribution in [-0.4, -0.2) is 36.1 Å². The first-order chi connectivity index (χ1) is 16.5. The minimum absolute atomic E-state index is 0.0360. The molecular weight excluding hydrogens is 484 g/mol. The number of para-hydroxylation sites is 1. The van der Waals surface area contributed by atoms with Crippen LogP contribution in [0.1, 0.15) is 22.5 Å². The lowest BCUT2D eigenvalue weighted by Gasteiger charge is -2.19. The molecule has 2 heterocycles. The molecule has 1 aliphatic heterocycles. The number of methoxy groups -OCH3 is 1. The summed E-state index contributed by atoms with van der Waals surface area (Å²) in [6.07, 6.45) is -0.405. The molecule has 1 aromatic heterocycles. The second kappa shape index (κ2) is 11.0. The number of hydrogen-bond acceptors (Lipinski definition) is 5. The number of nitrogens with zero attached hydrogens (tertiary/aromatic N) is 2. The smallest absolute Gasteiger partial charge is 0.410 e. The topological polar surface area (TPSA) is 74.6 Å². The van der Waals surface area contributed by atoms with Crippen molar-refractivity contribution in [3.8, 4) is 5.75 Å². The van der Waals surface area contributed by atoms with E-state index in [-0.39, 0.29) is 26.5 Å². The van der Waals surface area contributed by atoms with Gasteiger partial charge >= 0.3 is 6.09 Å². The molecule has 34 heavy (non-hydrogen) atoms. The highest BCUT2D eigenvalue weighted by atomic mass is 35.5. The van der Waals surface area contributed by atoms with Gasteiger partial charge in [0.2, 0.25) is 0 Å². The van der Waals surface area contributed by atoms with Crippen LogP contribution in [0, 0.1) is 0 Å². The van der Waals surface area contributed by atoms with E-state index in [0.717, 1.165) is 5.56 Å². The zero-order valence-electron chi connectivity index (χ0n) is 18.3. The maximum atomic E-state index is 15.3. The Morgan fingerprint density at radius 3 is 2.74 bits per heavy atom. The maximum Gasteiger partial charge on any atom is 0.412 e. The fraction of sp³-hybridized carbons (Fsp3) is 0.250. The Kier molecular flexibility index (Phi) is 7.84. The van der Waals surface area contributed by atoms with Crippen molar-refractivity contribution < 1.29 is 23.4 Å². The van der Waals surface area contributed by atoms with E-state index in [2.05, 4.69) is 10.4 Å². The number of fused-ring (bicyclic) bond motifs is 1. The van der Waals surface area contributed by atoms with E-state index in [4.69, 9.17) is 37.4 Å². The third kappa shape index (κ3) is 5.59. The molecule has 2 aromatic carbocycles. The Bertz CT molecular complexity index is 1210. The Hall–Kier alpha value is -2.91. The van der Waals surface area contributed by atoms with E-state index in [9.17, 15) is 4.79 Å². The normalized spacial score (nSPS) is 14.5. The van der Waals surface area contributed by atoms with Gasteiger partial charge in [0, 0.05) is 34.7 Å². The number of carbonyl (C=O) groups excluding carboxylic acids is 1. The van der Waals surface area contributed by atoms with Crippen LogP contribution in [0.5, 0.6) is 5.75 Å². The van der Waals surface area contributed by atoms with Crippen LogP contribution in [0.2, 0.25) is 10.0 Å². The van der Waals surface area contributed by atoms with Crippen molar-refractivity contribution in [2.45, 2.75) is 19.8 Å². The van der Waals surface area contributed by atoms with Crippen molar-refractivity contribution in [1.29, 1.82) is 0 Å². The summed E-state index contributed by atoms with van der Waals surface area (Å²) in [5.41, 5.74) is 3.04. The molecule has 7 nitrogen and oxygen atoms in total. The molecule has 3 aromatic rings. The molecule has 0 spiro atoms. The van der Waals surface area contributed by atoms with E-state index in [1.165, 1.54) is 0 Å². The summed E-state index contributed by atoms with van der Waals surface area (Å²) >= 11 is 12.4. The molecule has 4 rings (SSSR count). The monoisotopic (exact) mass is 505 g/mol. The lowest BCUT2D eigenvalue weighted by atomic mass is 9.97. The highest BCUT2D eigenvalue weighted by molar-refractivity contribution is 6.35. The number of hydrogen-bond donors (Lipinski definition) is 1. The average Bonchev–Trinajstić information content (AvgIpc) is 3.17.